The molecule has 0 aliphatic rings. The van der Waals surface area contributed by atoms with E-state index in [9.17, 15) is 0 Å². The van der Waals surface area contributed by atoms with Crippen molar-refractivity contribution in [2.75, 3.05) is 9.80 Å². The van der Waals surface area contributed by atoms with Gasteiger partial charge < -0.3 is 9.80 Å². The molecule has 0 bridgehead atoms. The van der Waals surface area contributed by atoms with Crippen molar-refractivity contribution in [1.29, 1.82) is 0 Å². The molecule has 284 valence electrons. The second-order valence-corrected chi connectivity index (χ2v) is 15.0. The van der Waals surface area contributed by atoms with Crippen LogP contribution in [-0.2, 0) is 0 Å². The Morgan fingerprint density at radius 3 is 1.00 bits per heavy atom. The summed E-state index contributed by atoms with van der Waals surface area (Å²) in [4.78, 5) is 4.70. The molecule has 0 saturated heterocycles. The van der Waals surface area contributed by atoms with Gasteiger partial charge in [-0.1, -0.05) is 176 Å². The monoisotopic (exact) mass is 766 g/mol. The van der Waals surface area contributed by atoms with Crippen LogP contribution < -0.4 is 9.80 Å². The number of para-hydroxylation sites is 1. The number of rotatable bonds is 10. The molecule has 2 nitrogen and oxygen atoms in total. The molecule has 0 atom stereocenters. The Kier molecular flexibility index (Phi) is 10.0. The summed E-state index contributed by atoms with van der Waals surface area (Å²) in [6.07, 6.45) is 0. The van der Waals surface area contributed by atoms with Gasteiger partial charge in [0.1, 0.15) is 0 Å². The molecular formula is C58H42N2. The van der Waals surface area contributed by atoms with E-state index in [4.69, 9.17) is 0 Å². The first-order chi connectivity index (χ1) is 29.7. The van der Waals surface area contributed by atoms with Gasteiger partial charge in [0.05, 0.1) is 5.69 Å². The third kappa shape index (κ3) is 7.46. The molecule has 0 fully saturated rings. The molecule has 10 rings (SSSR count). The van der Waals surface area contributed by atoms with E-state index in [1.165, 1.54) is 55.3 Å². The van der Waals surface area contributed by atoms with Crippen LogP contribution in [-0.4, -0.2) is 0 Å². The van der Waals surface area contributed by atoms with E-state index >= 15 is 0 Å². The molecule has 0 heterocycles. The van der Waals surface area contributed by atoms with E-state index in [-0.39, 0.29) is 0 Å². The Morgan fingerprint density at radius 2 is 0.517 bits per heavy atom. The molecule has 2 heteroatoms. The van der Waals surface area contributed by atoms with E-state index in [1.807, 2.05) is 0 Å². The number of hydrogen-bond donors (Lipinski definition) is 0. The van der Waals surface area contributed by atoms with Crippen LogP contribution in [0.1, 0.15) is 0 Å². The van der Waals surface area contributed by atoms with Crippen molar-refractivity contribution in [2.45, 2.75) is 0 Å². The first kappa shape index (κ1) is 36.4. The van der Waals surface area contributed by atoms with Gasteiger partial charge in [-0.05, 0) is 129 Å². The highest BCUT2D eigenvalue weighted by Gasteiger charge is 2.18. The summed E-state index contributed by atoms with van der Waals surface area (Å²) >= 11 is 0. The standard InChI is InChI=1S/C58H42N2/c1-4-15-43(16-5-1)48-21-12-23-50(41-48)45-29-33-53(34-30-45)59(54-35-31-46(32-36-54)51-24-13-22-49(42-51)44-17-6-2-7-18-44)55-37-39-56(40-38-55)60(52-25-8-3-9-26-52)58-28-14-20-47-19-10-11-27-57(47)58/h1-42H. The summed E-state index contributed by atoms with van der Waals surface area (Å²) in [5, 5.41) is 2.42. The molecule has 0 saturated carbocycles. The van der Waals surface area contributed by atoms with E-state index in [0.29, 0.717) is 0 Å². The van der Waals surface area contributed by atoms with Crippen LogP contribution in [0.15, 0.2) is 255 Å². The molecule has 0 aromatic heterocycles. The molecule has 0 spiro atoms. The largest absolute Gasteiger partial charge is 0.311 e. The molecule has 0 unspecified atom stereocenters. The van der Waals surface area contributed by atoms with Crippen molar-refractivity contribution in [3.8, 4) is 44.5 Å². The summed E-state index contributed by atoms with van der Waals surface area (Å²) in [5.41, 5.74) is 16.2. The summed E-state index contributed by atoms with van der Waals surface area (Å²) in [7, 11) is 0. The summed E-state index contributed by atoms with van der Waals surface area (Å²) in [6.45, 7) is 0. The maximum Gasteiger partial charge on any atom is 0.0540 e. The second kappa shape index (κ2) is 16.5. The van der Waals surface area contributed by atoms with Gasteiger partial charge in [0.2, 0.25) is 0 Å². The maximum atomic E-state index is 2.35. The Hall–Kier alpha value is -7.94. The Labute approximate surface area is 352 Å². The van der Waals surface area contributed by atoms with Gasteiger partial charge >= 0.3 is 0 Å². The van der Waals surface area contributed by atoms with E-state index in [1.54, 1.807) is 0 Å². The molecule has 60 heavy (non-hydrogen) atoms. The fourth-order valence-electron chi connectivity index (χ4n) is 8.23. The lowest BCUT2D eigenvalue weighted by molar-refractivity contribution is 1.26. The topological polar surface area (TPSA) is 6.48 Å². The fourth-order valence-corrected chi connectivity index (χ4v) is 8.23. The maximum absolute atomic E-state index is 2.35. The van der Waals surface area contributed by atoms with Crippen LogP contribution in [0.4, 0.5) is 34.1 Å². The lowest BCUT2D eigenvalue weighted by atomic mass is 9.98. The zero-order valence-electron chi connectivity index (χ0n) is 33.1. The highest BCUT2D eigenvalue weighted by Crippen LogP contribution is 2.42. The van der Waals surface area contributed by atoms with Crippen LogP contribution in [0.2, 0.25) is 0 Å². The predicted octanol–water partition coefficient (Wildman–Crippen LogP) is 16.4. The zero-order chi connectivity index (χ0) is 40.1. The van der Waals surface area contributed by atoms with Crippen LogP contribution in [0, 0.1) is 0 Å². The average molecular weight is 767 g/mol. The molecule has 0 amide bonds. The second-order valence-electron chi connectivity index (χ2n) is 15.0. The number of benzene rings is 10. The van der Waals surface area contributed by atoms with Gasteiger partial charge in [0, 0.05) is 33.8 Å². The van der Waals surface area contributed by atoms with Gasteiger partial charge in [-0.15, -0.1) is 0 Å². The smallest absolute Gasteiger partial charge is 0.0540 e. The molecule has 0 aliphatic heterocycles. The van der Waals surface area contributed by atoms with E-state index < -0.39 is 0 Å². The first-order valence-corrected chi connectivity index (χ1v) is 20.5. The van der Waals surface area contributed by atoms with Crippen molar-refractivity contribution in [3.63, 3.8) is 0 Å². The number of nitrogens with zero attached hydrogens (tertiary/aromatic N) is 2. The summed E-state index contributed by atoms with van der Waals surface area (Å²) in [6, 6.07) is 91.4. The lowest BCUT2D eigenvalue weighted by Gasteiger charge is -2.29. The Morgan fingerprint density at radius 1 is 0.200 bits per heavy atom. The summed E-state index contributed by atoms with van der Waals surface area (Å²) in [5.74, 6) is 0. The van der Waals surface area contributed by atoms with Crippen molar-refractivity contribution in [2.24, 2.45) is 0 Å². The third-order valence-corrected chi connectivity index (χ3v) is 11.2. The third-order valence-electron chi connectivity index (χ3n) is 11.2. The molecule has 10 aromatic rings. The Bertz CT molecular complexity index is 2860. The van der Waals surface area contributed by atoms with Gasteiger partial charge in [0.25, 0.3) is 0 Å². The SMILES string of the molecule is c1ccc(-c2cccc(-c3ccc(N(c4ccc(-c5cccc(-c6ccccc6)c5)cc4)c4ccc(N(c5ccccc5)c5cccc6ccccc56)cc4)cc3)c2)cc1. The molecular weight excluding hydrogens is 725 g/mol. The van der Waals surface area contributed by atoms with E-state index in [2.05, 4.69) is 265 Å². The average Bonchev–Trinajstić information content (AvgIpc) is 3.34. The minimum Gasteiger partial charge on any atom is -0.311 e. The van der Waals surface area contributed by atoms with Gasteiger partial charge in [-0.25, -0.2) is 0 Å². The Balaban J connectivity index is 1.03. The minimum absolute atomic E-state index is 1.07. The van der Waals surface area contributed by atoms with Gasteiger partial charge in [-0.3, -0.25) is 0 Å². The summed E-state index contributed by atoms with van der Waals surface area (Å²) < 4.78 is 0. The molecule has 10 aromatic carbocycles. The highest BCUT2D eigenvalue weighted by molar-refractivity contribution is 5.99. The van der Waals surface area contributed by atoms with Crippen molar-refractivity contribution < 1.29 is 0 Å². The van der Waals surface area contributed by atoms with Crippen LogP contribution in [0.25, 0.3) is 55.3 Å². The zero-order valence-corrected chi connectivity index (χ0v) is 33.1. The van der Waals surface area contributed by atoms with Gasteiger partial charge in [-0.2, -0.15) is 0 Å². The van der Waals surface area contributed by atoms with Crippen LogP contribution in [0.5, 0.6) is 0 Å². The van der Waals surface area contributed by atoms with Crippen molar-refractivity contribution in [1.82, 2.24) is 0 Å². The van der Waals surface area contributed by atoms with Crippen LogP contribution >= 0.6 is 0 Å². The molecule has 0 N–H and O–H groups in total. The predicted molar refractivity (Wildman–Crippen MR) is 255 cm³/mol. The minimum atomic E-state index is 1.07. The molecule has 0 radical (unpaired) electrons. The van der Waals surface area contributed by atoms with E-state index in [0.717, 1.165) is 34.1 Å². The first-order valence-electron chi connectivity index (χ1n) is 20.5. The molecule has 0 aliphatic carbocycles. The number of anilines is 6. The van der Waals surface area contributed by atoms with Crippen molar-refractivity contribution in [3.05, 3.63) is 255 Å². The van der Waals surface area contributed by atoms with Gasteiger partial charge in [0.15, 0.2) is 0 Å². The van der Waals surface area contributed by atoms with Crippen LogP contribution in [0.3, 0.4) is 0 Å². The normalized spacial score (nSPS) is 11.0. The number of fused-ring (bicyclic) bond motifs is 1. The highest BCUT2D eigenvalue weighted by atomic mass is 15.2. The van der Waals surface area contributed by atoms with Crippen molar-refractivity contribution >= 4 is 44.9 Å². The quantitative estimate of drug-likeness (QED) is 0.137. The fraction of sp³-hybridized carbons (Fsp3) is 0. The lowest BCUT2D eigenvalue weighted by Crippen LogP contribution is -2.12. The number of hydrogen-bond acceptors (Lipinski definition) is 2.